The normalized spacial score (nSPS) is 13.4. The van der Waals surface area contributed by atoms with Gasteiger partial charge in [0.05, 0.1) is 0 Å². The predicted molar refractivity (Wildman–Crippen MR) is 92.4 cm³/mol. The highest BCUT2D eigenvalue weighted by atomic mass is 79.9. The van der Waals surface area contributed by atoms with Crippen LogP contribution in [0.4, 0.5) is 0 Å². The fraction of sp³-hybridized carbons (Fsp3) is 0.412. The molecular formula is C17H22BrNS. The van der Waals surface area contributed by atoms with Crippen molar-refractivity contribution in [1.82, 2.24) is 5.32 Å². The third-order valence-electron chi connectivity index (χ3n) is 3.35. The van der Waals surface area contributed by atoms with Crippen molar-refractivity contribution in [2.45, 2.75) is 45.7 Å². The van der Waals surface area contributed by atoms with Gasteiger partial charge in [0.2, 0.25) is 0 Å². The second kappa shape index (κ2) is 6.42. The molecule has 2 aromatic rings. The van der Waals surface area contributed by atoms with Gasteiger partial charge in [0.1, 0.15) is 0 Å². The quantitative estimate of drug-likeness (QED) is 0.749. The zero-order chi connectivity index (χ0) is 14.8. The van der Waals surface area contributed by atoms with Crippen LogP contribution in [0.5, 0.6) is 0 Å². The van der Waals surface area contributed by atoms with E-state index in [9.17, 15) is 0 Å². The van der Waals surface area contributed by atoms with Crippen molar-refractivity contribution in [3.63, 3.8) is 0 Å². The Hall–Kier alpha value is -0.640. The van der Waals surface area contributed by atoms with Crippen LogP contribution < -0.4 is 5.32 Å². The van der Waals surface area contributed by atoms with Gasteiger partial charge in [-0.15, -0.1) is 11.3 Å². The van der Waals surface area contributed by atoms with Crippen LogP contribution in [0.15, 0.2) is 40.9 Å². The lowest BCUT2D eigenvalue weighted by Crippen LogP contribution is -2.17. The van der Waals surface area contributed by atoms with Gasteiger partial charge in [0.25, 0.3) is 0 Å². The first kappa shape index (κ1) is 15.7. The van der Waals surface area contributed by atoms with Gasteiger partial charge in [0, 0.05) is 26.8 Å². The van der Waals surface area contributed by atoms with Gasteiger partial charge < -0.3 is 5.32 Å². The lowest BCUT2D eigenvalue weighted by Gasteiger charge is -2.16. The van der Waals surface area contributed by atoms with E-state index in [1.165, 1.54) is 15.3 Å². The average Bonchev–Trinajstić information content (AvgIpc) is 2.85. The molecule has 0 bridgehead atoms. The van der Waals surface area contributed by atoms with Crippen LogP contribution in [0, 0.1) is 0 Å². The summed E-state index contributed by atoms with van der Waals surface area (Å²) in [6, 6.07) is 13.4. The van der Waals surface area contributed by atoms with E-state index in [4.69, 9.17) is 0 Å². The van der Waals surface area contributed by atoms with Crippen LogP contribution in [-0.2, 0) is 12.0 Å². The van der Waals surface area contributed by atoms with Crippen LogP contribution in [0.1, 0.15) is 49.1 Å². The molecule has 2 rings (SSSR count). The van der Waals surface area contributed by atoms with Crippen LogP contribution in [0.3, 0.4) is 0 Å². The molecule has 0 aliphatic carbocycles. The Bertz CT molecular complexity index is 551. The summed E-state index contributed by atoms with van der Waals surface area (Å²) in [6.45, 7) is 9.93. The molecule has 1 heterocycles. The van der Waals surface area contributed by atoms with Crippen molar-refractivity contribution in [2.75, 3.05) is 0 Å². The Balaban J connectivity index is 1.95. The predicted octanol–water partition coefficient (Wildman–Crippen LogP) is 5.66. The molecular weight excluding hydrogens is 330 g/mol. The van der Waals surface area contributed by atoms with Gasteiger partial charge >= 0.3 is 0 Å². The SMILES string of the molecule is C[C@H](NCc1ccc(C(C)(C)C)s1)c1ccc(Br)cc1. The number of hydrogen-bond donors (Lipinski definition) is 1. The highest BCUT2D eigenvalue weighted by molar-refractivity contribution is 9.10. The summed E-state index contributed by atoms with van der Waals surface area (Å²) in [6.07, 6.45) is 0. The van der Waals surface area contributed by atoms with Crippen molar-refractivity contribution in [2.24, 2.45) is 0 Å². The molecule has 0 spiro atoms. The Labute approximate surface area is 134 Å². The van der Waals surface area contributed by atoms with Crippen LogP contribution in [0.25, 0.3) is 0 Å². The first-order valence-electron chi connectivity index (χ1n) is 6.94. The number of thiophene rings is 1. The highest BCUT2D eigenvalue weighted by Gasteiger charge is 2.16. The summed E-state index contributed by atoms with van der Waals surface area (Å²) in [5.41, 5.74) is 1.57. The van der Waals surface area contributed by atoms with E-state index in [2.05, 4.69) is 85.3 Å². The van der Waals surface area contributed by atoms with Crippen LogP contribution in [-0.4, -0.2) is 0 Å². The van der Waals surface area contributed by atoms with E-state index in [1.54, 1.807) is 0 Å². The topological polar surface area (TPSA) is 12.0 Å². The fourth-order valence-electron chi connectivity index (χ4n) is 2.00. The third kappa shape index (κ3) is 4.18. The van der Waals surface area contributed by atoms with E-state index in [0.717, 1.165) is 11.0 Å². The fourth-order valence-corrected chi connectivity index (χ4v) is 3.28. The van der Waals surface area contributed by atoms with Gasteiger partial charge in [-0.05, 0) is 42.2 Å². The zero-order valence-corrected chi connectivity index (χ0v) is 14.9. The minimum Gasteiger partial charge on any atom is -0.305 e. The molecule has 20 heavy (non-hydrogen) atoms. The molecule has 1 nitrogen and oxygen atoms in total. The van der Waals surface area contributed by atoms with Gasteiger partial charge in [0.15, 0.2) is 0 Å². The largest absolute Gasteiger partial charge is 0.305 e. The highest BCUT2D eigenvalue weighted by Crippen LogP contribution is 2.29. The monoisotopic (exact) mass is 351 g/mol. The lowest BCUT2D eigenvalue weighted by atomic mass is 9.95. The van der Waals surface area contributed by atoms with Crippen molar-refractivity contribution >= 4 is 27.3 Å². The molecule has 108 valence electrons. The summed E-state index contributed by atoms with van der Waals surface area (Å²) < 4.78 is 1.13. The molecule has 0 unspecified atom stereocenters. The van der Waals surface area contributed by atoms with Gasteiger partial charge in [-0.3, -0.25) is 0 Å². The second-order valence-corrected chi connectivity index (χ2v) is 8.25. The Morgan fingerprint density at radius 3 is 2.30 bits per heavy atom. The summed E-state index contributed by atoms with van der Waals surface area (Å²) in [5, 5.41) is 3.59. The Morgan fingerprint density at radius 1 is 1.10 bits per heavy atom. The molecule has 0 aliphatic rings. The maximum Gasteiger partial charge on any atom is 0.0305 e. The second-order valence-electron chi connectivity index (χ2n) is 6.17. The van der Waals surface area contributed by atoms with Crippen molar-refractivity contribution in [3.05, 3.63) is 56.2 Å². The van der Waals surface area contributed by atoms with Crippen LogP contribution in [0.2, 0.25) is 0 Å². The number of rotatable bonds is 4. The lowest BCUT2D eigenvalue weighted by molar-refractivity contribution is 0.579. The standard InChI is InChI=1S/C17H22BrNS/c1-12(13-5-7-14(18)8-6-13)19-11-15-9-10-16(20-15)17(2,3)4/h5-10,12,19H,11H2,1-4H3/t12-/m0/s1. The molecule has 0 saturated heterocycles. The molecule has 0 saturated carbocycles. The summed E-state index contributed by atoms with van der Waals surface area (Å²) in [4.78, 5) is 2.85. The third-order valence-corrected chi connectivity index (χ3v) is 5.39. The van der Waals surface area contributed by atoms with Gasteiger partial charge in [-0.25, -0.2) is 0 Å². The van der Waals surface area contributed by atoms with E-state index >= 15 is 0 Å². The number of nitrogens with one attached hydrogen (secondary N) is 1. The molecule has 3 heteroatoms. The Morgan fingerprint density at radius 2 is 1.75 bits per heavy atom. The molecule has 1 aromatic carbocycles. The molecule has 1 atom stereocenters. The van der Waals surface area contributed by atoms with E-state index in [1.807, 2.05) is 11.3 Å². The maximum atomic E-state index is 3.59. The number of halogens is 1. The zero-order valence-electron chi connectivity index (χ0n) is 12.5. The Kier molecular flexibility index (Phi) is 5.05. The smallest absolute Gasteiger partial charge is 0.0305 e. The molecule has 0 aliphatic heterocycles. The van der Waals surface area contributed by atoms with E-state index in [0.29, 0.717) is 6.04 Å². The van der Waals surface area contributed by atoms with Crippen molar-refractivity contribution in [3.8, 4) is 0 Å². The van der Waals surface area contributed by atoms with E-state index in [-0.39, 0.29) is 5.41 Å². The minimum absolute atomic E-state index is 0.250. The molecule has 1 N–H and O–H groups in total. The first-order chi connectivity index (χ1) is 9.36. The average molecular weight is 352 g/mol. The molecule has 0 radical (unpaired) electrons. The van der Waals surface area contributed by atoms with E-state index < -0.39 is 0 Å². The van der Waals surface area contributed by atoms with Crippen molar-refractivity contribution in [1.29, 1.82) is 0 Å². The summed E-state index contributed by atoms with van der Waals surface area (Å²) in [5.74, 6) is 0. The molecule has 0 amide bonds. The number of hydrogen-bond acceptors (Lipinski definition) is 2. The van der Waals surface area contributed by atoms with Crippen LogP contribution >= 0.6 is 27.3 Å². The number of benzene rings is 1. The molecule has 0 fully saturated rings. The summed E-state index contributed by atoms with van der Waals surface area (Å²) in [7, 11) is 0. The van der Waals surface area contributed by atoms with Gasteiger partial charge in [-0.1, -0.05) is 48.8 Å². The first-order valence-corrected chi connectivity index (χ1v) is 8.55. The van der Waals surface area contributed by atoms with Gasteiger partial charge in [-0.2, -0.15) is 0 Å². The minimum atomic E-state index is 0.250. The molecule has 1 aromatic heterocycles. The maximum absolute atomic E-state index is 3.59. The summed E-state index contributed by atoms with van der Waals surface area (Å²) >= 11 is 5.38. The van der Waals surface area contributed by atoms with Crippen molar-refractivity contribution < 1.29 is 0 Å².